The van der Waals surface area contributed by atoms with E-state index in [1.54, 1.807) is 11.9 Å². The van der Waals surface area contributed by atoms with Crippen LogP contribution >= 0.6 is 0 Å². The second-order valence-electron chi connectivity index (χ2n) is 5.03. The van der Waals surface area contributed by atoms with Crippen LogP contribution in [0.2, 0.25) is 0 Å². The molecule has 0 radical (unpaired) electrons. The standard InChI is InChI=1S/C14H23NO3/c1-3-4-7-10-15(2)13(16)11-8-5-6-9-12(11)14(17)18/h3,11-12H,1,4-10H2,2H3,(H,17,18)/t11-,12+/m1/s1. The first kappa shape index (κ1) is 14.7. The fourth-order valence-corrected chi connectivity index (χ4v) is 2.59. The van der Waals surface area contributed by atoms with Crippen molar-refractivity contribution in [2.24, 2.45) is 11.8 Å². The highest BCUT2D eigenvalue weighted by Gasteiger charge is 2.36. The number of unbranched alkanes of at least 4 members (excludes halogenated alkanes) is 1. The van der Waals surface area contributed by atoms with Gasteiger partial charge in [0.1, 0.15) is 0 Å². The zero-order chi connectivity index (χ0) is 13.5. The third kappa shape index (κ3) is 3.86. The highest BCUT2D eigenvalue weighted by molar-refractivity contribution is 5.84. The van der Waals surface area contributed by atoms with Crippen molar-refractivity contribution < 1.29 is 14.7 Å². The molecule has 0 saturated heterocycles. The minimum Gasteiger partial charge on any atom is -0.481 e. The van der Waals surface area contributed by atoms with Crippen molar-refractivity contribution in [1.29, 1.82) is 0 Å². The molecule has 1 aliphatic carbocycles. The number of carboxylic acids is 1. The third-order valence-electron chi connectivity index (χ3n) is 3.68. The van der Waals surface area contributed by atoms with Crippen LogP contribution in [0.3, 0.4) is 0 Å². The summed E-state index contributed by atoms with van der Waals surface area (Å²) >= 11 is 0. The number of carbonyl (C=O) groups is 2. The molecule has 1 amide bonds. The van der Waals surface area contributed by atoms with Crippen LogP contribution in [0.4, 0.5) is 0 Å². The number of allylic oxidation sites excluding steroid dienone is 1. The first-order valence-electron chi connectivity index (χ1n) is 6.66. The van der Waals surface area contributed by atoms with E-state index in [0.717, 1.165) is 25.7 Å². The second kappa shape index (κ2) is 7.19. The molecular formula is C14H23NO3. The number of rotatable bonds is 6. The van der Waals surface area contributed by atoms with Gasteiger partial charge in [-0.3, -0.25) is 9.59 Å². The first-order chi connectivity index (χ1) is 8.57. The van der Waals surface area contributed by atoms with Gasteiger partial charge in [0.2, 0.25) is 5.91 Å². The Morgan fingerprint density at radius 2 is 1.94 bits per heavy atom. The van der Waals surface area contributed by atoms with Crippen molar-refractivity contribution in [3.63, 3.8) is 0 Å². The molecule has 0 spiro atoms. The Labute approximate surface area is 109 Å². The molecule has 1 fully saturated rings. The number of carbonyl (C=O) groups excluding carboxylic acids is 1. The van der Waals surface area contributed by atoms with Gasteiger partial charge in [-0.15, -0.1) is 6.58 Å². The van der Waals surface area contributed by atoms with E-state index in [4.69, 9.17) is 5.11 Å². The lowest BCUT2D eigenvalue weighted by Crippen LogP contribution is -2.41. The largest absolute Gasteiger partial charge is 0.481 e. The van der Waals surface area contributed by atoms with Crippen molar-refractivity contribution in [2.75, 3.05) is 13.6 Å². The molecule has 0 aliphatic heterocycles. The van der Waals surface area contributed by atoms with Gasteiger partial charge < -0.3 is 10.0 Å². The summed E-state index contributed by atoms with van der Waals surface area (Å²) in [6.45, 7) is 4.32. The Kier molecular flexibility index (Phi) is 5.89. The van der Waals surface area contributed by atoms with E-state index < -0.39 is 11.9 Å². The second-order valence-corrected chi connectivity index (χ2v) is 5.03. The van der Waals surface area contributed by atoms with Crippen LogP contribution in [-0.4, -0.2) is 35.5 Å². The summed E-state index contributed by atoms with van der Waals surface area (Å²) in [5.41, 5.74) is 0. The molecule has 2 atom stereocenters. The Morgan fingerprint density at radius 3 is 2.50 bits per heavy atom. The lowest BCUT2D eigenvalue weighted by atomic mass is 9.78. The van der Waals surface area contributed by atoms with E-state index in [0.29, 0.717) is 19.4 Å². The van der Waals surface area contributed by atoms with Crippen molar-refractivity contribution in [3.8, 4) is 0 Å². The lowest BCUT2D eigenvalue weighted by molar-refractivity contribution is -0.151. The SMILES string of the molecule is C=CCCCN(C)C(=O)[C@@H]1CCCC[C@@H]1C(=O)O. The Morgan fingerprint density at radius 1 is 1.33 bits per heavy atom. The minimum atomic E-state index is -0.826. The number of hydrogen-bond donors (Lipinski definition) is 1. The van der Waals surface area contributed by atoms with Gasteiger partial charge in [-0.05, 0) is 25.7 Å². The van der Waals surface area contributed by atoms with Crippen molar-refractivity contribution >= 4 is 11.9 Å². The molecule has 1 N–H and O–H groups in total. The van der Waals surface area contributed by atoms with E-state index in [-0.39, 0.29) is 11.8 Å². The van der Waals surface area contributed by atoms with Gasteiger partial charge in [0.15, 0.2) is 0 Å². The quantitative estimate of drug-likeness (QED) is 0.583. The topological polar surface area (TPSA) is 57.6 Å². The van der Waals surface area contributed by atoms with Crippen molar-refractivity contribution in [3.05, 3.63) is 12.7 Å². The number of hydrogen-bond acceptors (Lipinski definition) is 2. The van der Waals surface area contributed by atoms with Gasteiger partial charge in [0.25, 0.3) is 0 Å². The van der Waals surface area contributed by atoms with Gasteiger partial charge in [-0.1, -0.05) is 18.9 Å². The molecule has 4 nitrogen and oxygen atoms in total. The van der Waals surface area contributed by atoms with Crippen LogP contribution < -0.4 is 0 Å². The van der Waals surface area contributed by atoms with Gasteiger partial charge in [0.05, 0.1) is 11.8 Å². The maximum atomic E-state index is 12.2. The van der Waals surface area contributed by atoms with Crippen LogP contribution in [0.25, 0.3) is 0 Å². The van der Waals surface area contributed by atoms with Gasteiger partial charge in [-0.2, -0.15) is 0 Å². The zero-order valence-electron chi connectivity index (χ0n) is 11.1. The van der Waals surface area contributed by atoms with Crippen molar-refractivity contribution in [1.82, 2.24) is 4.90 Å². The highest BCUT2D eigenvalue weighted by Crippen LogP contribution is 2.31. The summed E-state index contributed by atoms with van der Waals surface area (Å²) in [5.74, 6) is -1.66. The predicted octanol–water partition coefficient (Wildman–Crippen LogP) is 2.30. The normalized spacial score (nSPS) is 23.4. The summed E-state index contributed by atoms with van der Waals surface area (Å²) in [4.78, 5) is 25.1. The maximum absolute atomic E-state index is 12.2. The summed E-state index contributed by atoms with van der Waals surface area (Å²) in [7, 11) is 1.76. The molecule has 1 saturated carbocycles. The van der Waals surface area contributed by atoms with E-state index >= 15 is 0 Å². The molecule has 0 aromatic carbocycles. The summed E-state index contributed by atoms with van der Waals surface area (Å²) in [6, 6.07) is 0. The number of amides is 1. The molecule has 0 bridgehead atoms. The number of aliphatic carboxylic acids is 1. The lowest BCUT2D eigenvalue weighted by Gasteiger charge is -2.31. The summed E-state index contributed by atoms with van der Waals surface area (Å²) in [6.07, 6.45) is 6.81. The van der Waals surface area contributed by atoms with E-state index in [1.807, 2.05) is 6.08 Å². The molecule has 102 valence electrons. The summed E-state index contributed by atoms with van der Waals surface area (Å²) in [5, 5.41) is 9.17. The number of nitrogens with zero attached hydrogens (tertiary/aromatic N) is 1. The average Bonchev–Trinajstić information content (AvgIpc) is 2.38. The molecule has 1 aliphatic rings. The Balaban J connectivity index is 2.56. The fourth-order valence-electron chi connectivity index (χ4n) is 2.59. The molecule has 4 heteroatoms. The minimum absolute atomic E-state index is 0.00818. The van der Waals surface area contributed by atoms with E-state index in [9.17, 15) is 9.59 Å². The molecule has 1 rings (SSSR count). The summed E-state index contributed by atoms with van der Waals surface area (Å²) < 4.78 is 0. The Hall–Kier alpha value is -1.32. The molecule has 0 unspecified atom stereocenters. The van der Waals surface area contributed by atoms with E-state index in [1.165, 1.54) is 0 Å². The average molecular weight is 253 g/mol. The van der Waals surface area contributed by atoms with Gasteiger partial charge in [0, 0.05) is 13.6 Å². The van der Waals surface area contributed by atoms with Gasteiger partial charge in [-0.25, -0.2) is 0 Å². The molecule has 0 aromatic heterocycles. The van der Waals surface area contributed by atoms with Crippen LogP contribution in [0, 0.1) is 11.8 Å². The zero-order valence-corrected chi connectivity index (χ0v) is 11.1. The maximum Gasteiger partial charge on any atom is 0.307 e. The third-order valence-corrected chi connectivity index (χ3v) is 3.68. The number of carboxylic acid groups (broad SMARTS) is 1. The smallest absolute Gasteiger partial charge is 0.307 e. The monoisotopic (exact) mass is 253 g/mol. The highest BCUT2D eigenvalue weighted by atomic mass is 16.4. The van der Waals surface area contributed by atoms with E-state index in [2.05, 4.69) is 6.58 Å². The predicted molar refractivity (Wildman–Crippen MR) is 70.2 cm³/mol. The molecule has 18 heavy (non-hydrogen) atoms. The first-order valence-corrected chi connectivity index (χ1v) is 6.66. The van der Waals surface area contributed by atoms with Crippen LogP contribution in [0.5, 0.6) is 0 Å². The van der Waals surface area contributed by atoms with Gasteiger partial charge >= 0.3 is 5.97 Å². The Bertz CT molecular complexity index is 314. The van der Waals surface area contributed by atoms with Crippen LogP contribution in [-0.2, 0) is 9.59 Å². The molecular weight excluding hydrogens is 230 g/mol. The fraction of sp³-hybridized carbons (Fsp3) is 0.714. The molecule has 0 heterocycles. The van der Waals surface area contributed by atoms with Crippen molar-refractivity contribution in [2.45, 2.75) is 38.5 Å². The van der Waals surface area contributed by atoms with Crippen LogP contribution in [0.15, 0.2) is 12.7 Å². The molecule has 0 aromatic rings. The van der Waals surface area contributed by atoms with Crippen LogP contribution in [0.1, 0.15) is 38.5 Å².